The molecule has 0 aliphatic carbocycles. The molecule has 1 aromatic heterocycles. The Morgan fingerprint density at radius 2 is 1.97 bits per heavy atom. The molecule has 1 amide bonds. The van der Waals surface area contributed by atoms with Gasteiger partial charge in [-0.15, -0.1) is 0 Å². The van der Waals surface area contributed by atoms with Crippen LogP contribution in [0.25, 0.3) is 0 Å². The molecule has 36 heavy (non-hydrogen) atoms. The lowest BCUT2D eigenvalue weighted by atomic mass is 9.93. The van der Waals surface area contributed by atoms with E-state index in [4.69, 9.17) is 21.1 Å². The average molecular weight is 527 g/mol. The minimum absolute atomic E-state index is 0.119. The Bertz CT molecular complexity index is 1220. The summed E-state index contributed by atoms with van der Waals surface area (Å²) in [5.41, 5.74) is 3.31. The number of hydrogen-bond acceptors (Lipinski definition) is 8. The number of hydrogen-bond donors (Lipinski definition) is 1. The SMILES string of the molecule is COCCOC(=O)C1=C(C)N=C2SC=C(CC(=O)NCCc3ccccn3)N2C1c1ccccc1Cl. The van der Waals surface area contributed by atoms with Crippen molar-refractivity contribution in [3.05, 3.63) is 87.3 Å². The zero-order valence-electron chi connectivity index (χ0n) is 20.1. The number of benzene rings is 1. The zero-order chi connectivity index (χ0) is 25.5. The van der Waals surface area contributed by atoms with Crippen molar-refractivity contribution in [3.8, 4) is 0 Å². The lowest BCUT2D eigenvalue weighted by Gasteiger charge is -2.36. The molecule has 0 spiro atoms. The summed E-state index contributed by atoms with van der Waals surface area (Å²) in [5.74, 6) is -0.624. The molecule has 0 saturated carbocycles. The number of aliphatic imine (C=N–C) groups is 1. The van der Waals surface area contributed by atoms with E-state index in [1.807, 2.05) is 46.7 Å². The monoisotopic (exact) mass is 526 g/mol. The lowest BCUT2D eigenvalue weighted by Crippen LogP contribution is -2.38. The Morgan fingerprint density at radius 3 is 2.72 bits per heavy atom. The third kappa shape index (κ3) is 5.98. The molecule has 8 nitrogen and oxygen atoms in total. The minimum Gasteiger partial charge on any atom is -0.460 e. The number of pyridine rings is 1. The van der Waals surface area contributed by atoms with Gasteiger partial charge in [0.05, 0.1) is 30.3 Å². The number of amides is 1. The van der Waals surface area contributed by atoms with E-state index in [0.29, 0.717) is 34.4 Å². The van der Waals surface area contributed by atoms with Crippen molar-refractivity contribution in [2.75, 3.05) is 26.9 Å². The Kier molecular flexibility index (Phi) is 8.79. The van der Waals surface area contributed by atoms with E-state index >= 15 is 0 Å². The van der Waals surface area contributed by atoms with Gasteiger partial charge in [0, 0.05) is 42.7 Å². The first kappa shape index (κ1) is 25.9. The van der Waals surface area contributed by atoms with Gasteiger partial charge in [-0.25, -0.2) is 9.79 Å². The third-order valence-electron chi connectivity index (χ3n) is 5.71. The summed E-state index contributed by atoms with van der Waals surface area (Å²) >= 11 is 8.01. The first-order valence-electron chi connectivity index (χ1n) is 11.5. The number of thioether (sulfide) groups is 1. The molecule has 3 heterocycles. The Labute approximate surface area is 219 Å². The van der Waals surface area contributed by atoms with Gasteiger partial charge in [0.25, 0.3) is 0 Å². The van der Waals surface area contributed by atoms with Crippen LogP contribution in [0.3, 0.4) is 0 Å². The van der Waals surface area contributed by atoms with Crippen LogP contribution in [0.5, 0.6) is 0 Å². The van der Waals surface area contributed by atoms with Gasteiger partial charge >= 0.3 is 5.97 Å². The molecule has 0 bridgehead atoms. The summed E-state index contributed by atoms with van der Waals surface area (Å²) in [4.78, 5) is 36.9. The van der Waals surface area contributed by atoms with E-state index in [0.717, 1.165) is 17.0 Å². The molecule has 1 N–H and O–H groups in total. The van der Waals surface area contributed by atoms with Crippen molar-refractivity contribution in [1.29, 1.82) is 0 Å². The van der Waals surface area contributed by atoms with E-state index in [2.05, 4.69) is 15.3 Å². The number of amidine groups is 1. The number of carbonyl (C=O) groups is 2. The summed E-state index contributed by atoms with van der Waals surface area (Å²) in [6.45, 7) is 2.66. The van der Waals surface area contributed by atoms with Crippen LogP contribution in [0, 0.1) is 0 Å². The van der Waals surface area contributed by atoms with Gasteiger partial charge < -0.3 is 19.7 Å². The van der Waals surface area contributed by atoms with Crippen LogP contribution in [0.15, 0.2) is 76.0 Å². The molecule has 4 rings (SSSR count). The van der Waals surface area contributed by atoms with E-state index < -0.39 is 12.0 Å². The molecule has 1 aromatic carbocycles. The zero-order valence-corrected chi connectivity index (χ0v) is 21.6. The van der Waals surface area contributed by atoms with Gasteiger partial charge in [-0.3, -0.25) is 9.78 Å². The summed E-state index contributed by atoms with van der Waals surface area (Å²) in [6, 6.07) is 12.5. The Morgan fingerprint density at radius 1 is 1.17 bits per heavy atom. The standard InChI is InChI=1S/C26H27ClN4O4S/c1-17-23(25(33)35-14-13-34-2)24(20-8-3-4-9-21(20)27)31-19(16-36-26(31)30-17)15-22(32)29-12-10-18-7-5-6-11-28-18/h3-9,11,16,24H,10,12-15H2,1-2H3,(H,29,32). The van der Waals surface area contributed by atoms with E-state index in [1.165, 1.54) is 11.8 Å². The number of ether oxygens (including phenoxy) is 2. The van der Waals surface area contributed by atoms with Gasteiger partial charge in [0.15, 0.2) is 5.17 Å². The van der Waals surface area contributed by atoms with Gasteiger partial charge in [-0.1, -0.05) is 47.6 Å². The van der Waals surface area contributed by atoms with Crippen LogP contribution in [-0.4, -0.2) is 53.8 Å². The second-order valence-corrected chi connectivity index (χ2v) is 9.38. The van der Waals surface area contributed by atoms with Crippen molar-refractivity contribution in [3.63, 3.8) is 0 Å². The molecule has 188 valence electrons. The molecule has 2 aliphatic rings. The number of nitrogens with zero attached hydrogens (tertiary/aromatic N) is 3. The van der Waals surface area contributed by atoms with Crippen molar-refractivity contribution < 1.29 is 19.1 Å². The minimum atomic E-state index is -0.580. The van der Waals surface area contributed by atoms with Gasteiger partial charge in [0.1, 0.15) is 6.61 Å². The fraction of sp³-hybridized carbons (Fsp3) is 0.308. The average Bonchev–Trinajstić information content (AvgIpc) is 3.26. The fourth-order valence-electron chi connectivity index (χ4n) is 4.02. The maximum Gasteiger partial charge on any atom is 0.338 e. The number of aromatic nitrogens is 1. The molecule has 0 saturated heterocycles. The van der Waals surface area contributed by atoms with E-state index in [9.17, 15) is 9.59 Å². The van der Waals surface area contributed by atoms with Crippen LogP contribution in [0.4, 0.5) is 0 Å². The van der Waals surface area contributed by atoms with Crippen molar-refractivity contribution in [1.82, 2.24) is 15.2 Å². The van der Waals surface area contributed by atoms with Crippen molar-refractivity contribution in [2.45, 2.75) is 25.8 Å². The molecule has 2 aromatic rings. The Hall–Kier alpha value is -3.14. The highest BCUT2D eigenvalue weighted by Gasteiger charge is 2.41. The van der Waals surface area contributed by atoms with Gasteiger partial charge in [0.2, 0.25) is 5.91 Å². The topological polar surface area (TPSA) is 93.1 Å². The second kappa shape index (κ2) is 12.2. The number of esters is 1. The van der Waals surface area contributed by atoms with Crippen LogP contribution in [-0.2, 0) is 25.5 Å². The number of methoxy groups -OCH3 is 1. The molecule has 0 fully saturated rings. The summed E-state index contributed by atoms with van der Waals surface area (Å²) in [7, 11) is 1.54. The molecular formula is C26H27ClN4O4S. The molecule has 0 radical (unpaired) electrons. The van der Waals surface area contributed by atoms with Crippen molar-refractivity contribution >= 4 is 40.4 Å². The van der Waals surface area contributed by atoms with E-state index in [-0.39, 0.29) is 25.5 Å². The van der Waals surface area contributed by atoms with Gasteiger partial charge in [-0.05, 0) is 36.1 Å². The largest absolute Gasteiger partial charge is 0.460 e. The maximum absolute atomic E-state index is 13.2. The van der Waals surface area contributed by atoms with Crippen molar-refractivity contribution in [2.24, 2.45) is 4.99 Å². The summed E-state index contributed by atoms with van der Waals surface area (Å²) < 4.78 is 10.5. The second-order valence-electron chi connectivity index (χ2n) is 8.14. The van der Waals surface area contributed by atoms with Crippen LogP contribution in [0.2, 0.25) is 5.02 Å². The van der Waals surface area contributed by atoms with Crippen LogP contribution < -0.4 is 5.32 Å². The van der Waals surface area contributed by atoms with Gasteiger partial charge in [-0.2, -0.15) is 0 Å². The van der Waals surface area contributed by atoms with Crippen LogP contribution in [0.1, 0.15) is 30.6 Å². The third-order valence-corrected chi connectivity index (χ3v) is 6.95. The highest BCUT2D eigenvalue weighted by atomic mass is 35.5. The molecule has 1 unspecified atom stereocenters. The molecule has 10 heteroatoms. The number of halogens is 1. The molecule has 2 aliphatic heterocycles. The first-order valence-corrected chi connectivity index (χ1v) is 12.8. The molecular weight excluding hydrogens is 500 g/mol. The number of nitrogens with one attached hydrogen (secondary N) is 1. The molecule has 1 atom stereocenters. The summed E-state index contributed by atoms with van der Waals surface area (Å²) in [5, 5.41) is 6.05. The predicted octanol–water partition coefficient (Wildman–Crippen LogP) is 4.25. The maximum atomic E-state index is 13.2. The number of fused-ring (bicyclic) bond motifs is 1. The first-order chi connectivity index (χ1) is 17.5. The van der Waals surface area contributed by atoms with E-state index in [1.54, 1.807) is 26.3 Å². The smallest absolute Gasteiger partial charge is 0.338 e. The summed E-state index contributed by atoms with van der Waals surface area (Å²) in [6.07, 6.45) is 2.50. The normalized spacial score (nSPS) is 16.9. The predicted molar refractivity (Wildman–Crippen MR) is 140 cm³/mol. The number of carbonyl (C=O) groups excluding carboxylic acids is 2. The number of allylic oxidation sites excluding steroid dienone is 1. The lowest BCUT2D eigenvalue weighted by molar-refractivity contribution is -0.141. The Balaban J connectivity index is 1.55. The highest BCUT2D eigenvalue weighted by Crippen LogP contribution is 2.46. The highest BCUT2D eigenvalue weighted by molar-refractivity contribution is 8.16. The number of rotatable bonds is 10. The quantitative estimate of drug-likeness (QED) is 0.365. The fourth-order valence-corrected chi connectivity index (χ4v) is 5.22. The van der Waals surface area contributed by atoms with Crippen LogP contribution >= 0.6 is 23.4 Å².